The third-order valence-corrected chi connectivity index (χ3v) is 2.73. The summed E-state index contributed by atoms with van der Waals surface area (Å²) in [7, 11) is 0. The molecule has 1 aliphatic heterocycles. The highest BCUT2D eigenvalue weighted by Crippen LogP contribution is 2.21. The molecule has 1 unspecified atom stereocenters. The smallest absolute Gasteiger partial charge is 0.414 e. The lowest BCUT2D eigenvalue weighted by Gasteiger charge is -2.12. The molecule has 1 atom stereocenters. The van der Waals surface area contributed by atoms with Crippen LogP contribution in [0.15, 0.2) is 24.3 Å². The molecular formula is C10H9INO2. The van der Waals surface area contributed by atoms with Crippen molar-refractivity contribution >= 4 is 34.4 Å². The molecule has 1 saturated heterocycles. The molecule has 2 rings (SSSR count). The van der Waals surface area contributed by atoms with Gasteiger partial charge in [0.2, 0.25) is 0 Å². The first-order valence-electron chi connectivity index (χ1n) is 4.23. The summed E-state index contributed by atoms with van der Waals surface area (Å²) in [4.78, 5) is 12.9. The minimum Gasteiger partial charge on any atom is -0.444 e. The van der Waals surface area contributed by atoms with Gasteiger partial charge in [0.15, 0.2) is 0 Å². The zero-order valence-electron chi connectivity index (χ0n) is 7.44. The topological polar surface area (TPSA) is 29.5 Å². The van der Waals surface area contributed by atoms with Gasteiger partial charge in [0.1, 0.15) is 6.10 Å². The van der Waals surface area contributed by atoms with Gasteiger partial charge in [-0.05, 0) is 53.8 Å². The first-order valence-corrected chi connectivity index (χ1v) is 5.31. The normalized spacial score (nSPS) is 21.1. The Morgan fingerprint density at radius 1 is 1.43 bits per heavy atom. The van der Waals surface area contributed by atoms with Crippen LogP contribution < -0.4 is 4.90 Å². The SMILES string of the molecule is [CH2]C1CN(c2ccc(I)cc2)C(=O)O1. The lowest BCUT2D eigenvalue weighted by Crippen LogP contribution is -2.23. The lowest BCUT2D eigenvalue weighted by atomic mass is 10.3. The number of hydrogen-bond donors (Lipinski definition) is 0. The zero-order chi connectivity index (χ0) is 10.1. The fourth-order valence-corrected chi connectivity index (χ4v) is 1.71. The Morgan fingerprint density at radius 2 is 2.07 bits per heavy atom. The molecule has 1 amide bonds. The van der Waals surface area contributed by atoms with Crippen molar-refractivity contribution in [1.82, 2.24) is 0 Å². The quantitative estimate of drug-likeness (QED) is 0.746. The van der Waals surface area contributed by atoms with Gasteiger partial charge in [0.25, 0.3) is 0 Å². The van der Waals surface area contributed by atoms with Crippen molar-refractivity contribution in [3.63, 3.8) is 0 Å². The minimum atomic E-state index is -0.314. The standard InChI is InChI=1S/C10H9INO2/c1-7-6-12(10(13)14-7)9-4-2-8(11)3-5-9/h2-5,7H,1,6H2. The van der Waals surface area contributed by atoms with Gasteiger partial charge < -0.3 is 4.74 Å². The molecule has 0 bridgehead atoms. The fraction of sp³-hybridized carbons (Fsp3) is 0.200. The Hall–Kier alpha value is -0.780. The predicted molar refractivity (Wildman–Crippen MR) is 62.1 cm³/mol. The number of carbonyl (C=O) groups excluding carboxylic acids is 1. The molecule has 1 aromatic rings. The molecule has 0 saturated carbocycles. The lowest BCUT2D eigenvalue weighted by molar-refractivity contribution is 0.159. The second-order valence-corrected chi connectivity index (χ2v) is 4.34. The highest BCUT2D eigenvalue weighted by molar-refractivity contribution is 14.1. The van der Waals surface area contributed by atoms with Crippen molar-refractivity contribution in [3.05, 3.63) is 34.8 Å². The second kappa shape index (κ2) is 3.76. The van der Waals surface area contributed by atoms with Crippen molar-refractivity contribution in [3.8, 4) is 0 Å². The number of rotatable bonds is 1. The van der Waals surface area contributed by atoms with Crippen molar-refractivity contribution in [2.45, 2.75) is 6.10 Å². The Morgan fingerprint density at radius 3 is 2.57 bits per heavy atom. The van der Waals surface area contributed by atoms with Crippen LogP contribution in [0.25, 0.3) is 0 Å². The highest BCUT2D eigenvalue weighted by atomic mass is 127. The van der Waals surface area contributed by atoms with Gasteiger partial charge in [-0.15, -0.1) is 0 Å². The maximum absolute atomic E-state index is 11.3. The molecule has 1 aromatic carbocycles. The third kappa shape index (κ3) is 1.84. The average Bonchev–Trinajstić information content (AvgIpc) is 2.47. The van der Waals surface area contributed by atoms with Crippen LogP contribution in [-0.4, -0.2) is 18.7 Å². The Bertz CT molecular complexity index is 350. The summed E-state index contributed by atoms with van der Waals surface area (Å²) in [6.07, 6.45) is -0.576. The van der Waals surface area contributed by atoms with Crippen LogP contribution in [0.1, 0.15) is 0 Å². The average molecular weight is 302 g/mol. The molecule has 3 nitrogen and oxygen atoms in total. The van der Waals surface area contributed by atoms with E-state index in [-0.39, 0.29) is 12.2 Å². The molecule has 1 heterocycles. The van der Waals surface area contributed by atoms with Crippen LogP contribution in [0.3, 0.4) is 0 Å². The van der Waals surface area contributed by atoms with Crippen LogP contribution in [0.4, 0.5) is 10.5 Å². The summed E-state index contributed by atoms with van der Waals surface area (Å²) in [5.41, 5.74) is 0.863. The summed E-state index contributed by atoms with van der Waals surface area (Å²) < 4.78 is 6.08. The van der Waals surface area contributed by atoms with Gasteiger partial charge in [0, 0.05) is 9.26 Å². The molecule has 0 aliphatic carbocycles. The second-order valence-electron chi connectivity index (χ2n) is 3.09. The number of amides is 1. The zero-order valence-corrected chi connectivity index (χ0v) is 9.60. The van der Waals surface area contributed by atoms with Gasteiger partial charge in [-0.25, -0.2) is 4.79 Å². The van der Waals surface area contributed by atoms with Gasteiger partial charge >= 0.3 is 6.09 Å². The van der Waals surface area contributed by atoms with Gasteiger partial charge in [-0.1, -0.05) is 0 Å². The van der Waals surface area contributed by atoms with Crippen molar-refractivity contribution in [2.24, 2.45) is 0 Å². The molecule has 4 heteroatoms. The summed E-state index contributed by atoms with van der Waals surface area (Å²) in [5.74, 6) is 0. The van der Waals surface area contributed by atoms with Crippen molar-refractivity contribution < 1.29 is 9.53 Å². The maximum atomic E-state index is 11.3. The van der Waals surface area contributed by atoms with E-state index in [4.69, 9.17) is 4.74 Å². The molecule has 73 valence electrons. The van der Waals surface area contributed by atoms with E-state index in [9.17, 15) is 4.79 Å². The van der Waals surface area contributed by atoms with Crippen LogP contribution in [0.2, 0.25) is 0 Å². The molecule has 1 fully saturated rings. The molecule has 1 radical (unpaired) electrons. The Kier molecular flexibility index (Phi) is 2.62. The number of benzene rings is 1. The van der Waals surface area contributed by atoms with Gasteiger partial charge in [0.05, 0.1) is 6.54 Å². The monoisotopic (exact) mass is 302 g/mol. The largest absolute Gasteiger partial charge is 0.444 e. The van der Waals surface area contributed by atoms with Crippen molar-refractivity contribution in [2.75, 3.05) is 11.4 Å². The van der Waals surface area contributed by atoms with Crippen LogP contribution >= 0.6 is 22.6 Å². The minimum absolute atomic E-state index is 0.262. The van der Waals surface area contributed by atoms with Crippen molar-refractivity contribution in [1.29, 1.82) is 0 Å². The Balaban J connectivity index is 2.23. The van der Waals surface area contributed by atoms with E-state index in [1.807, 2.05) is 24.3 Å². The molecule has 1 aliphatic rings. The number of halogens is 1. The first-order chi connectivity index (χ1) is 6.66. The number of hydrogen-bond acceptors (Lipinski definition) is 2. The number of cyclic esters (lactones) is 1. The van der Waals surface area contributed by atoms with Gasteiger partial charge in [-0.3, -0.25) is 4.90 Å². The summed E-state index contributed by atoms with van der Waals surface area (Å²) in [5, 5.41) is 0. The number of ether oxygens (including phenoxy) is 1. The van der Waals surface area contributed by atoms with E-state index in [1.54, 1.807) is 4.90 Å². The van der Waals surface area contributed by atoms with E-state index in [0.717, 1.165) is 9.26 Å². The molecular weight excluding hydrogens is 293 g/mol. The van der Waals surface area contributed by atoms with Gasteiger partial charge in [-0.2, -0.15) is 0 Å². The molecule has 0 aromatic heterocycles. The van der Waals surface area contributed by atoms with E-state index < -0.39 is 0 Å². The van der Waals surface area contributed by atoms with E-state index in [2.05, 4.69) is 29.5 Å². The van der Waals surface area contributed by atoms with Crippen LogP contribution in [-0.2, 0) is 4.74 Å². The molecule has 14 heavy (non-hydrogen) atoms. The summed E-state index contributed by atoms with van der Waals surface area (Å²) in [6.45, 7) is 4.22. The molecule has 0 N–H and O–H groups in total. The van der Waals surface area contributed by atoms with Crippen LogP contribution in [0.5, 0.6) is 0 Å². The Labute approximate surface area is 96.2 Å². The number of nitrogens with zero attached hydrogens (tertiary/aromatic N) is 1. The first kappa shape index (κ1) is 9.76. The third-order valence-electron chi connectivity index (χ3n) is 2.01. The van der Waals surface area contributed by atoms with E-state index in [0.29, 0.717) is 6.54 Å². The fourth-order valence-electron chi connectivity index (χ4n) is 1.35. The summed E-state index contributed by atoms with van der Waals surface area (Å²) >= 11 is 2.22. The van der Waals surface area contributed by atoms with E-state index in [1.165, 1.54) is 0 Å². The number of carbonyl (C=O) groups is 1. The summed E-state index contributed by atoms with van der Waals surface area (Å²) in [6, 6.07) is 7.72. The van der Waals surface area contributed by atoms with E-state index >= 15 is 0 Å². The maximum Gasteiger partial charge on any atom is 0.414 e. The van der Waals surface area contributed by atoms with Crippen LogP contribution in [0, 0.1) is 10.5 Å². The predicted octanol–water partition coefficient (Wildman–Crippen LogP) is 2.45. The number of anilines is 1. The molecule has 0 spiro atoms. The highest BCUT2D eigenvalue weighted by Gasteiger charge is 2.29.